The van der Waals surface area contributed by atoms with Crippen molar-refractivity contribution in [1.82, 2.24) is 0 Å². The molecule has 0 radical (unpaired) electrons. The maximum absolute atomic E-state index is 10.7. The molecule has 0 heterocycles. The third kappa shape index (κ3) is 14.9. The molecule has 0 bridgehead atoms. The number of rotatable bonds is 5. The van der Waals surface area contributed by atoms with Gasteiger partial charge < -0.3 is 9.84 Å². The lowest BCUT2D eigenvalue weighted by Crippen LogP contribution is -2.14. The predicted molar refractivity (Wildman–Crippen MR) is 63.0 cm³/mol. The van der Waals surface area contributed by atoms with Crippen LogP contribution in [0.3, 0.4) is 0 Å². The molecular weight excluding hydrogens is 208 g/mol. The molecule has 0 aliphatic carbocycles. The van der Waals surface area contributed by atoms with Crippen molar-refractivity contribution in [2.24, 2.45) is 5.92 Å². The van der Waals surface area contributed by atoms with Crippen molar-refractivity contribution in [3.63, 3.8) is 0 Å². The van der Waals surface area contributed by atoms with E-state index in [2.05, 4.69) is 27.0 Å². The Bertz CT molecular complexity index is 243. The SMILES string of the molecule is C=CC(=O)O.C=CC(=O)OC(C)CC(C)C. The molecule has 1 N–H and O–H groups in total. The average Bonchev–Trinajstić information content (AvgIpc) is 2.17. The summed E-state index contributed by atoms with van der Waals surface area (Å²) in [5.74, 6) is -0.759. The lowest BCUT2D eigenvalue weighted by Gasteiger charge is -2.13. The number of carbonyl (C=O) groups excluding carboxylic acids is 1. The van der Waals surface area contributed by atoms with E-state index in [0.717, 1.165) is 12.5 Å². The zero-order valence-electron chi connectivity index (χ0n) is 10.1. The van der Waals surface area contributed by atoms with Crippen LogP contribution in [0.1, 0.15) is 27.2 Å². The van der Waals surface area contributed by atoms with Gasteiger partial charge in [0.1, 0.15) is 0 Å². The first-order valence-electron chi connectivity index (χ1n) is 5.01. The highest BCUT2D eigenvalue weighted by molar-refractivity contribution is 5.81. The Hall–Kier alpha value is -1.58. The van der Waals surface area contributed by atoms with Gasteiger partial charge in [-0.3, -0.25) is 0 Å². The van der Waals surface area contributed by atoms with Gasteiger partial charge in [0.2, 0.25) is 0 Å². The first-order chi connectivity index (χ1) is 7.33. The van der Waals surface area contributed by atoms with Gasteiger partial charge in [-0.25, -0.2) is 9.59 Å². The number of carbonyl (C=O) groups is 2. The van der Waals surface area contributed by atoms with E-state index in [0.29, 0.717) is 5.92 Å². The zero-order chi connectivity index (χ0) is 13.1. The minimum atomic E-state index is -0.981. The van der Waals surface area contributed by atoms with Gasteiger partial charge in [-0.15, -0.1) is 0 Å². The Morgan fingerprint density at radius 1 is 1.25 bits per heavy atom. The van der Waals surface area contributed by atoms with Crippen molar-refractivity contribution in [3.05, 3.63) is 25.3 Å². The third-order valence-corrected chi connectivity index (χ3v) is 1.46. The number of carboxylic acids is 1. The summed E-state index contributed by atoms with van der Waals surface area (Å²) in [5, 5.41) is 7.60. The van der Waals surface area contributed by atoms with Gasteiger partial charge in [0.15, 0.2) is 0 Å². The Morgan fingerprint density at radius 2 is 1.69 bits per heavy atom. The van der Waals surface area contributed by atoms with E-state index >= 15 is 0 Å². The van der Waals surface area contributed by atoms with E-state index < -0.39 is 5.97 Å². The first kappa shape index (κ1) is 16.8. The lowest BCUT2D eigenvalue weighted by atomic mass is 10.1. The molecule has 0 saturated carbocycles. The second-order valence-corrected chi connectivity index (χ2v) is 3.62. The van der Waals surface area contributed by atoms with E-state index in [-0.39, 0.29) is 12.1 Å². The Labute approximate surface area is 96.6 Å². The monoisotopic (exact) mass is 228 g/mol. The lowest BCUT2D eigenvalue weighted by molar-refractivity contribution is -0.142. The fourth-order valence-corrected chi connectivity index (χ4v) is 0.958. The van der Waals surface area contributed by atoms with Crippen LogP contribution in [0, 0.1) is 5.92 Å². The summed E-state index contributed by atoms with van der Waals surface area (Å²) in [4.78, 5) is 19.9. The molecule has 0 saturated heterocycles. The topological polar surface area (TPSA) is 63.6 Å². The standard InChI is InChI=1S/C9H16O2.C3H4O2/c1-5-9(10)11-8(4)6-7(2)3;1-2-3(4)5/h5,7-8H,1,6H2,2-4H3;2H,1H2,(H,4,5). The van der Waals surface area contributed by atoms with E-state index in [9.17, 15) is 9.59 Å². The molecule has 0 rings (SSSR count). The van der Waals surface area contributed by atoms with Crippen LogP contribution in [-0.2, 0) is 14.3 Å². The van der Waals surface area contributed by atoms with Gasteiger partial charge in [-0.05, 0) is 19.3 Å². The minimum absolute atomic E-state index is 0.000463. The fraction of sp³-hybridized carbons (Fsp3) is 0.500. The minimum Gasteiger partial charge on any atom is -0.478 e. The molecule has 0 aromatic heterocycles. The van der Waals surface area contributed by atoms with Gasteiger partial charge >= 0.3 is 11.9 Å². The Morgan fingerprint density at radius 3 is 1.94 bits per heavy atom. The van der Waals surface area contributed by atoms with Crippen LogP contribution in [0.5, 0.6) is 0 Å². The third-order valence-electron chi connectivity index (χ3n) is 1.46. The molecule has 0 aliphatic heterocycles. The number of hydrogen-bond acceptors (Lipinski definition) is 3. The molecule has 0 spiro atoms. The smallest absolute Gasteiger partial charge is 0.330 e. The summed E-state index contributed by atoms with van der Waals surface area (Å²) in [5.41, 5.74) is 0. The van der Waals surface area contributed by atoms with Crippen LogP contribution in [-0.4, -0.2) is 23.1 Å². The predicted octanol–water partition coefficient (Wildman–Crippen LogP) is 2.41. The van der Waals surface area contributed by atoms with Crippen molar-refractivity contribution in [2.45, 2.75) is 33.3 Å². The second-order valence-electron chi connectivity index (χ2n) is 3.62. The summed E-state index contributed by atoms with van der Waals surface area (Å²) in [6, 6.07) is 0. The highest BCUT2D eigenvalue weighted by Gasteiger charge is 2.07. The van der Waals surface area contributed by atoms with Gasteiger partial charge in [0.25, 0.3) is 0 Å². The molecule has 0 fully saturated rings. The van der Waals surface area contributed by atoms with Crippen molar-refractivity contribution in [3.8, 4) is 0 Å². The maximum atomic E-state index is 10.7. The highest BCUT2D eigenvalue weighted by Crippen LogP contribution is 2.07. The van der Waals surface area contributed by atoms with Crippen molar-refractivity contribution in [2.75, 3.05) is 0 Å². The number of carboxylic acid groups (broad SMARTS) is 1. The van der Waals surface area contributed by atoms with Crippen molar-refractivity contribution >= 4 is 11.9 Å². The maximum Gasteiger partial charge on any atom is 0.330 e. The molecule has 0 aromatic carbocycles. The van der Waals surface area contributed by atoms with Crippen LogP contribution in [0.4, 0.5) is 0 Å². The molecule has 1 unspecified atom stereocenters. The van der Waals surface area contributed by atoms with Crippen LogP contribution in [0.15, 0.2) is 25.3 Å². The molecule has 92 valence electrons. The number of hydrogen-bond donors (Lipinski definition) is 1. The Kier molecular flexibility index (Phi) is 10.5. The fourth-order valence-electron chi connectivity index (χ4n) is 0.958. The van der Waals surface area contributed by atoms with Gasteiger partial charge in [-0.1, -0.05) is 27.0 Å². The van der Waals surface area contributed by atoms with Crippen LogP contribution in [0.25, 0.3) is 0 Å². The molecule has 16 heavy (non-hydrogen) atoms. The summed E-state index contributed by atoms with van der Waals surface area (Å²) < 4.78 is 4.95. The quantitative estimate of drug-likeness (QED) is 0.579. The second kappa shape index (κ2) is 9.96. The molecule has 1 atom stereocenters. The highest BCUT2D eigenvalue weighted by atomic mass is 16.5. The van der Waals surface area contributed by atoms with E-state index in [1.807, 2.05) is 6.92 Å². The normalized spacial score (nSPS) is 10.8. The van der Waals surface area contributed by atoms with E-state index in [4.69, 9.17) is 9.84 Å². The summed E-state index contributed by atoms with van der Waals surface area (Å²) in [7, 11) is 0. The van der Waals surface area contributed by atoms with Crippen molar-refractivity contribution < 1.29 is 19.4 Å². The molecule has 4 nitrogen and oxygen atoms in total. The summed E-state index contributed by atoms with van der Waals surface area (Å²) in [6.45, 7) is 12.4. The number of aliphatic carboxylic acids is 1. The van der Waals surface area contributed by atoms with Crippen LogP contribution < -0.4 is 0 Å². The average molecular weight is 228 g/mol. The van der Waals surface area contributed by atoms with Crippen LogP contribution >= 0.6 is 0 Å². The molecular formula is C12H20O4. The largest absolute Gasteiger partial charge is 0.478 e. The molecule has 0 aliphatic rings. The molecule has 0 amide bonds. The Balaban J connectivity index is 0. The zero-order valence-corrected chi connectivity index (χ0v) is 10.1. The summed E-state index contributed by atoms with van der Waals surface area (Å²) >= 11 is 0. The molecule has 0 aromatic rings. The van der Waals surface area contributed by atoms with Crippen molar-refractivity contribution in [1.29, 1.82) is 0 Å². The van der Waals surface area contributed by atoms with Crippen LogP contribution in [0.2, 0.25) is 0 Å². The van der Waals surface area contributed by atoms with E-state index in [1.54, 1.807) is 0 Å². The van der Waals surface area contributed by atoms with E-state index in [1.165, 1.54) is 6.08 Å². The first-order valence-corrected chi connectivity index (χ1v) is 5.01. The summed E-state index contributed by atoms with van der Waals surface area (Å²) in [6.07, 6.45) is 2.93. The van der Waals surface area contributed by atoms with Gasteiger partial charge in [0, 0.05) is 12.2 Å². The number of esters is 1. The molecule has 4 heteroatoms. The van der Waals surface area contributed by atoms with Gasteiger partial charge in [-0.2, -0.15) is 0 Å². The van der Waals surface area contributed by atoms with Gasteiger partial charge in [0.05, 0.1) is 6.10 Å². The number of ether oxygens (including phenoxy) is 1.